The van der Waals surface area contributed by atoms with E-state index in [9.17, 15) is 9.90 Å². The van der Waals surface area contributed by atoms with Crippen LogP contribution in [0.2, 0.25) is 0 Å². The van der Waals surface area contributed by atoms with E-state index in [2.05, 4.69) is 10.4 Å². The number of nitrogens with zero attached hydrogens (tertiary/aromatic N) is 5. The number of benzene rings is 2. The number of fused-ring (bicyclic) bond motifs is 1. The molecule has 0 bridgehead atoms. The number of rotatable bonds is 6. The van der Waals surface area contributed by atoms with Crippen molar-refractivity contribution in [3.05, 3.63) is 78.0 Å². The van der Waals surface area contributed by atoms with Crippen molar-refractivity contribution < 1.29 is 14.6 Å². The molecule has 0 saturated carbocycles. The van der Waals surface area contributed by atoms with Crippen molar-refractivity contribution in [2.24, 2.45) is 0 Å². The molecule has 1 amide bonds. The van der Waals surface area contributed by atoms with Gasteiger partial charge in [0.15, 0.2) is 5.65 Å². The lowest BCUT2D eigenvalue weighted by molar-refractivity contribution is -0.0586. The molecule has 3 atom stereocenters. The van der Waals surface area contributed by atoms with Crippen LogP contribution in [0.3, 0.4) is 0 Å². The zero-order valence-electron chi connectivity index (χ0n) is 21.5. The minimum Gasteiger partial charge on any atom is -0.374 e. The first-order valence-electron chi connectivity index (χ1n) is 12.4. The summed E-state index contributed by atoms with van der Waals surface area (Å²) in [5.74, 6) is 0.468. The van der Waals surface area contributed by atoms with Gasteiger partial charge in [0.2, 0.25) is 5.95 Å². The Morgan fingerprint density at radius 3 is 2.38 bits per heavy atom. The number of hydrogen-bond donors (Lipinski definition) is 2. The van der Waals surface area contributed by atoms with E-state index >= 15 is 0 Å². The highest BCUT2D eigenvalue weighted by molar-refractivity contribution is 5.94. The maximum atomic E-state index is 12.9. The van der Waals surface area contributed by atoms with E-state index < -0.39 is 6.23 Å². The van der Waals surface area contributed by atoms with Gasteiger partial charge in [-0.3, -0.25) is 9.69 Å². The number of aliphatic hydroxyl groups excluding tert-OH is 1. The summed E-state index contributed by atoms with van der Waals surface area (Å²) >= 11 is 0. The molecule has 2 aromatic heterocycles. The molecule has 0 spiro atoms. The third-order valence-electron chi connectivity index (χ3n) is 6.47. The minimum atomic E-state index is -0.656. The fraction of sp³-hybridized carbons (Fsp3) is 0.321. The number of amides is 1. The summed E-state index contributed by atoms with van der Waals surface area (Å²) in [5.41, 5.74) is 4.88. The molecule has 2 N–H and O–H groups in total. The zero-order chi connectivity index (χ0) is 26.1. The van der Waals surface area contributed by atoms with Gasteiger partial charge in [0.05, 0.1) is 12.2 Å². The van der Waals surface area contributed by atoms with E-state index in [0.29, 0.717) is 30.2 Å². The Kier molecular flexibility index (Phi) is 6.92. The maximum Gasteiger partial charge on any atom is 0.254 e. The summed E-state index contributed by atoms with van der Waals surface area (Å²) in [5, 5.41) is 18.1. The van der Waals surface area contributed by atoms with Crippen LogP contribution in [0.15, 0.2) is 66.9 Å². The Labute approximate surface area is 216 Å². The fourth-order valence-corrected chi connectivity index (χ4v) is 4.67. The van der Waals surface area contributed by atoms with Gasteiger partial charge in [-0.2, -0.15) is 4.98 Å². The van der Waals surface area contributed by atoms with Crippen LogP contribution in [0.4, 0.5) is 11.6 Å². The molecule has 0 radical (unpaired) electrons. The largest absolute Gasteiger partial charge is 0.374 e. The van der Waals surface area contributed by atoms with Gasteiger partial charge in [0.25, 0.3) is 5.91 Å². The van der Waals surface area contributed by atoms with Gasteiger partial charge >= 0.3 is 0 Å². The predicted octanol–water partition coefficient (Wildman–Crippen LogP) is 3.94. The number of pyridine rings is 1. The molecule has 37 heavy (non-hydrogen) atoms. The van der Waals surface area contributed by atoms with Crippen LogP contribution in [0.5, 0.6) is 0 Å². The van der Waals surface area contributed by atoms with Crippen molar-refractivity contribution in [3.8, 4) is 11.1 Å². The number of aromatic nitrogens is 3. The highest BCUT2D eigenvalue weighted by Crippen LogP contribution is 2.27. The summed E-state index contributed by atoms with van der Waals surface area (Å²) in [4.78, 5) is 21.3. The van der Waals surface area contributed by atoms with E-state index in [4.69, 9.17) is 9.72 Å². The van der Waals surface area contributed by atoms with Crippen LogP contribution >= 0.6 is 0 Å². The summed E-state index contributed by atoms with van der Waals surface area (Å²) in [6.07, 6.45) is 1.26. The van der Waals surface area contributed by atoms with Crippen molar-refractivity contribution in [1.82, 2.24) is 24.4 Å². The van der Waals surface area contributed by atoms with Crippen LogP contribution in [0.1, 0.15) is 36.0 Å². The van der Waals surface area contributed by atoms with E-state index in [0.717, 1.165) is 22.4 Å². The highest BCUT2D eigenvalue weighted by atomic mass is 16.5. The molecule has 5 rings (SSSR count). The number of ether oxygens (including phenoxy) is 1. The first-order chi connectivity index (χ1) is 17.8. The Morgan fingerprint density at radius 2 is 1.73 bits per heavy atom. The monoisotopic (exact) mass is 500 g/mol. The number of aliphatic hydroxyl groups is 1. The molecule has 2 aromatic carbocycles. The molecule has 3 unspecified atom stereocenters. The summed E-state index contributed by atoms with van der Waals surface area (Å²) in [7, 11) is 3.67. The Bertz CT molecular complexity index is 1370. The molecule has 192 valence electrons. The first kappa shape index (κ1) is 24.9. The Balaban J connectivity index is 1.33. The Morgan fingerprint density at radius 1 is 1.05 bits per heavy atom. The van der Waals surface area contributed by atoms with E-state index in [1.807, 2.05) is 99.7 Å². The third-order valence-corrected chi connectivity index (χ3v) is 6.47. The predicted molar refractivity (Wildman–Crippen MR) is 143 cm³/mol. The summed E-state index contributed by atoms with van der Waals surface area (Å²) < 4.78 is 7.48. The summed E-state index contributed by atoms with van der Waals surface area (Å²) in [6, 6.07) is 19.1. The molecule has 4 aromatic rings. The van der Waals surface area contributed by atoms with E-state index in [-0.39, 0.29) is 18.1 Å². The molecule has 1 aliphatic rings. The normalized spacial score (nSPS) is 18.8. The van der Waals surface area contributed by atoms with Crippen LogP contribution in [0.25, 0.3) is 16.8 Å². The van der Waals surface area contributed by atoms with Crippen molar-refractivity contribution in [2.75, 3.05) is 32.5 Å². The molecular weight excluding hydrogens is 468 g/mol. The average molecular weight is 501 g/mol. The second-order valence-electron chi connectivity index (χ2n) is 9.75. The maximum absolute atomic E-state index is 12.9. The van der Waals surface area contributed by atoms with Gasteiger partial charge in [-0.05, 0) is 75.5 Å². The van der Waals surface area contributed by atoms with Gasteiger partial charge in [-0.15, -0.1) is 5.10 Å². The SMILES string of the molecule is CC1CN(C(=O)c2ccc(Nc3nc4c(-c5ccc(C(O)N(C)C)cc5)cccn4n3)cc2)CC(C)O1. The van der Waals surface area contributed by atoms with Gasteiger partial charge < -0.3 is 20.1 Å². The number of carbonyl (C=O) groups excluding carboxylic acids is 1. The lowest BCUT2D eigenvalue weighted by Crippen LogP contribution is -2.48. The fourth-order valence-electron chi connectivity index (χ4n) is 4.67. The molecule has 9 heteroatoms. The molecular formula is C28H32N6O3. The number of nitrogens with one attached hydrogen (secondary N) is 1. The van der Waals surface area contributed by atoms with E-state index in [1.165, 1.54) is 0 Å². The molecule has 9 nitrogen and oxygen atoms in total. The van der Waals surface area contributed by atoms with Crippen molar-refractivity contribution in [2.45, 2.75) is 32.3 Å². The second-order valence-corrected chi connectivity index (χ2v) is 9.75. The van der Waals surface area contributed by atoms with Crippen LogP contribution in [0, 0.1) is 0 Å². The Hall–Kier alpha value is -3.79. The number of carbonyl (C=O) groups is 1. The average Bonchev–Trinajstić information content (AvgIpc) is 3.30. The third kappa shape index (κ3) is 5.34. The van der Waals surface area contributed by atoms with Gasteiger partial charge in [0.1, 0.15) is 6.23 Å². The van der Waals surface area contributed by atoms with Gasteiger partial charge in [0, 0.05) is 36.1 Å². The van der Waals surface area contributed by atoms with Crippen molar-refractivity contribution in [3.63, 3.8) is 0 Å². The quantitative estimate of drug-likeness (QED) is 0.387. The van der Waals surface area contributed by atoms with Crippen molar-refractivity contribution in [1.29, 1.82) is 0 Å². The van der Waals surface area contributed by atoms with E-state index in [1.54, 1.807) is 9.42 Å². The van der Waals surface area contributed by atoms with Crippen LogP contribution in [-0.4, -0.2) is 74.8 Å². The number of anilines is 2. The highest BCUT2D eigenvalue weighted by Gasteiger charge is 2.26. The van der Waals surface area contributed by atoms with Crippen LogP contribution in [-0.2, 0) is 4.74 Å². The number of morpholine rings is 1. The van der Waals surface area contributed by atoms with Gasteiger partial charge in [-0.25, -0.2) is 4.52 Å². The van der Waals surface area contributed by atoms with Crippen LogP contribution < -0.4 is 5.32 Å². The van der Waals surface area contributed by atoms with Gasteiger partial charge in [-0.1, -0.05) is 24.3 Å². The molecule has 1 saturated heterocycles. The smallest absolute Gasteiger partial charge is 0.254 e. The topological polar surface area (TPSA) is 95.2 Å². The minimum absolute atomic E-state index is 0.00756. The molecule has 1 aliphatic heterocycles. The number of hydrogen-bond acceptors (Lipinski definition) is 7. The standard InChI is InChI=1S/C28H32N6O3/c1-18-16-33(17-19(2)37-18)27(36)22-11-13-23(14-12-22)29-28-30-25-24(6-5-15-34(25)31-28)20-7-9-21(10-8-20)26(35)32(3)4/h5-15,18-19,26,35H,16-17H2,1-4H3,(H,29,31). The first-order valence-corrected chi connectivity index (χ1v) is 12.4. The molecule has 1 fully saturated rings. The lowest BCUT2D eigenvalue weighted by Gasteiger charge is -2.35. The lowest BCUT2D eigenvalue weighted by atomic mass is 10.0. The summed E-state index contributed by atoms with van der Waals surface area (Å²) in [6.45, 7) is 5.16. The molecule has 3 heterocycles. The van der Waals surface area contributed by atoms with Crippen molar-refractivity contribution >= 4 is 23.2 Å². The zero-order valence-corrected chi connectivity index (χ0v) is 21.5. The molecule has 0 aliphatic carbocycles. The second kappa shape index (κ2) is 10.3.